The number of ether oxygens (including phenoxy) is 3. The van der Waals surface area contributed by atoms with Crippen molar-refractivity contribution in [1.82, 2.24) is 0 Å². The molecule has 1 aliphatic heterocycles. The van der Waals surface area contributed by atoms with Crippen LogP contribution in [0.25, 0.3) is 0 Å². The van der Waals surface area contributed by atoms with Gasteiger partial charge in [0.2, 0.25) is 0 Å². The summed E-state index contributed by atoms with van der Waals surface area (Å²) in [5.74, 6) is -4.58. The SMILES string of the molecule is C=C1CC[C@@H]2[C@](C)(COC(=O)CCC(=O)[O-])[C@H](OC(=O)CCC(=O)[O-])CC[C@@]2(C)[C@@H]1C/C=C1\C=COC1=O.[K+].[Na+]. The maximum Gasteiger partial charge on any atom is 1.00 e. The molecule has 2 aliphatic carbocycles. The number of carboxylic acids is 2. The number of aliphatic carboxylic acids is 2. The van der Waals surface area contributed by atoms with Crippen molar-refractivity contribution < 1.29 is 129 Å². The molecule has 2 fully saturated rings. The van der Waals surface area contributed by atoms with Crippen molar-refractivity contribution >= 4 is 29.8 Å². The molecule has 0 radical (unpaired) electrons. The van der Waals surface area contributed by atoms with E-state index in [0.29, 0.717) is 37.7 Å². The van der Waals surface area contributed by atoms with Crippen molar-refractivity contribution in [2.45, 2.75) is 77.7 Å². The smallest absolute Gasteiger partial charge is 0.550 e. The zero-order valence-corrected chi connectivity index (χ0v) is 28.9. The maximum atomic E-state index is 12.5. The molecule has 0 amide bonds. The number of cyclic esters (lactones) is 1. The molecular formula is C28H34KNaO10. The summed E-state index contributed by atoms with van der Waals surface area (Å²) in [4.78, 5) is 58.3. The Morgan fingerprint density at radius 2 is 1.70 bits per heavy atom. The van der Waals surface area contributed by atoms with Gasteiger partial charge in [0.15, 0.2) is 0 Å². The molecule has 0 saturated heterocycles. The van der Waals surface area contributed by atoms with Gasteiger partial charge >= 0.3 is 98.8 Å². The predicted molar refractivity (Wildman–Crippen MR) is 128 cm³/mol. The number of esters is 3. The molecule has 0 aromatic carbocycles. The zero-order valence-electron chi connectivity index (χ0n) is 23.8. The van der Waals surface area contributed by atoms with Crippen molar-refractivity contribution in [2.75, 3.05) is 6.61 Å². The Kier molecular flexibility index (Phi) is 15.0. The zero-order chi connectivity index (χ0) is 28.1. The molecule has 12 heteroatoms. The summed E-state index contributed by atoms with van der Waals surface area (Å²) in [6.45, 7) is 8.23. The fourth-order valence-corrected chi connectivity index (χ4v) is 6.43. The fourth-order valence-electron chi connectivity index (χ4n) is 6.43. The first-order valence-corrected chi connectivity index (χ1v) is 12.9. The Morgan fingerprint density at radius 1 is 1.07 bits per heavy atom. The number of allylic oxidation sites excluding steroid dienone is 2. The minimum atomic E-state index is -1.36. The number of carbonyl (C=O) groups is 5. The van der Waals surface area contributed by atoms with Gasteiger partial charge in [-0.1, -0.05) is 32.1 Å². The Labute approximate surface area is 299 Å². The maximum absolute atomic E-state index is 12.5. The third kappa shape index (κ3) is 9.10. The number of hydrogen-bond acceptors (Lipinski definition) is 10. The van der Waals surface area contributed by atoms with Gasteiger partial charge in [0.05, 0.1) is 24.7 Å². The van der Waals surface area contributed by atoms with Gasteiger partial charge in [-0.15, -0.1) is 0 Å². The van der Waals surface area contributed by atoms with Crippen LogP contribution in [0.3, 0.4) is 0 Å². The monoisotopic (exact) mass is 592 g/mol. The number of carbonyl (C=O) groups excluding carboxylic acids is 5. The molecule has 3 rings (SSSR count). The largest absolute Gasteiger partial charge is 1.00 e. The van der Waals surface area contributed by atoms with Crippen LogP contribution in [0.4, 0.5) is 0 Å². The first kappa shape index (κ1) is 37.2. The average molecular weight is 593 g/mol. The molecule has 10 nitrogen and oxygen atoms in total. The van der Waals surface area contributed by atoms with E-state index in [4.69, 9.17) is 14.2 Å². The minimum absolute atomic E-state index is 0. The van der Waals surface area contributed by atoms with Crippen LogP contribution in [-0.4, -0.2) is 42.6 Å². The van der Waals surface area contributed by atoms with Gasteiger partial charge in [0.25, 0.3) is 0 Å². The van der Waals surface area contributed by atoms with Gasteiger partial charge in [-0.25, -0.2) is 4.79 Å². The minimum Gasteiger partial charge on any atom is -0.550 e. The second-order valence-corrected chi connectivity index (χ2v) is 10.8. The van der Waals surface area contributed by atoms with E-state index in [1.165, 1.54) is 6.26 Å². The second kappa shape index (κ2) is 16.2. The van der Waals surface area contributed by atoms with Crippen LogP contribution in [0.1, 0.15) is 71.6 Å². The molecule has 0 bridgehead atoms. The third-order valence-electron chi connectivity index (χ3n) is 8.43. The van der Waals surface area contributed by atoms with Crippen molar-refractivity contribution in [3.05, 3.63) is 36.1 Å². The molecule has 1 heterocycles. The predicted octanol–water partition coefficient (Wildman–Crippen LogP) is -4.71. The van der Waals surface area contributed by atoms with Gasteiger partial charge in [-0.05, 0) is 68.3 Å². The van der Waals surface area contributed by atoms with Crippen LogP contribution in [0.15, 0.2) is 36.1 Å². The second-order valence-electron chi connectivity index (χ2n) is 10.8. The van der Waals surface area contributed by atoms with Crippen LogP contribution in [0.5, 0.6) is 0 Å². The van der Waals surface area contributed by atoms with Crippen molar-refractivity contribution in [3.8, 4) is 0 Å². The molecule has 0 unspecified atom stereocenters. The Balaban J connectivity index is 0.00000400. The fraction of sp³-hybridized carbons (Fsp3) is 0.607. The molecule has 5 atom stereocenters. The molecule has 0 aromatic rings. The van der Waals surface area contributed by atoms with Gasteiger partial charge in [0.1, 0.15) is 12.7 Å². The standard InChI is InChI=1S/C28H36O10.K.Na/c1-17-4-7-20-27(2,19(17)6-5-18-13-15-36-26(18)35)14-12-21(38-25(34)11-9-23(31)32)28(20,3)16-37-24(33)10-8-22(29)30;;/h5,13,15,19-21H,1,4,6-12,14,16H2,2-3H3,(H,29,30)(H,31,32);;/q;2*+1/p-2/b18-5+;;/t19-,20+,21-,27+,28+;;/m1../s1. The number of carboxylic acid groups (broad SMARTS) is 2. The van der Waals surface area contributed by atoms with Crippen LogP contribution < -0.4 is 91.2 Å². The van der Waals surface area contributed by atoms with Crippen LogP contribution in [0, 0.1) is 22.7 Å². The molecule has 2 saturated carbocycles. The van der Waals surface area contributed by atoms with Gasteiger partial charge < -0.3 is 34.0 Å². The van der Waals surface area contributed by atoms with Gasteiger partial charge in [-0.2, -0.15) is 0 Å². The van der Waals surface area contributed by atoms with E-state index in [-0.39, 0.29) is 118 Å². The first-order valence-electron chi connectivity index (χ1n) is 12.9. The number of rotatable bonds is 11. The van der Waals surface area contributed by atoms with E-state index in [0.717, 1.165) is 5.57 Å². The molecule has 0 aromatic heterocycles. The van der Waals surface area contributed by atoms with Crippen molar-refractivity contribution in [3.63, 3.8) is 0 Å². The molecular weight excluding hydrogens is 558 g/mol. The summed E-state index contributed by atoms with van der Waals surface area (Å²) in [5.41, 5.74) is 0.357. The Morgan fingerprint density at radius 3 is 2.27 bits per heavy atom. The van der Waals surface area contributed by atoms with Crippen molar-refractivity contribution in [1.29, 1.82) is 0 Å². The van der Waals surface area contributed by atoms with E-state index in [9.17, 15) is 34.2 Å². The molecule has 40 heavy (non-hydrogen) atoms. The molecule has 208 valence electrons. The van der Waals surface area contributed by atoms with Gasteiger partial charge in [0, 0.05) is 17.4 Å². The molecule has 0 spiro atoms. The van der Waals surface area contributed by atoms with Crippen molar-refractivity contribution in [2.24, 2.45) is 22.7 Å². The quantitative estimate of drug-likeness (QED) is 0.0750. The van der Waals surface area contributed by atoms with E-state index >= 15 is 0 Å². The Bertz CT molecular complexity index is 1070. The first-order chi connectivity index (χ1) is 17.9. The summed E-state index contributed by atoms with van der Waals surface area (Å²) in [6, 6.07) is 0. The van der Waals surface area contributed by atoms with Crippen LogP contribution in [0.2, 0.25) is 0 Å². The summed E-state index contributed by atoms with van der Waals surface area (Å²) >= 11 is 0. The topological polar surface area (TPSA) is 159 Å². The molecule has 3 aliphatic rings. The summed E-state index contributed by atoms with van der Waals surface area (Å²) in [6.07, 6.45) is 5.61. The average Bonchev–Trinajstić information content (AvgIpc) is 3.26. The van der Waals surface area contributed by atoms with Gasteiger partial charge in [-0.3, -0.25) is 9.59 Å². The normalized spacial score (nSPS) is 29.9. The summed E-state index contributed by atoms with van der Waals surface area (Å²) < 4.78 is 16.2. The Hall–Kier alpha value is -0.794. The third-order valence-corrected chi connectivity index (χ3v) is 8.43. The van der Waals surface area contributed by atoms with E-state index < -0.39 is 54.2 Å². The van der Waals surface area contributed by atoms with E-state index in [2.05, 4.69) is 13.5 Å². The van der Waals surface area contributed by atoms with E-state index in [1.807, 2.05) is 13.0 Å². The number of fused-ring (bicyclic) bond motifs is 1. The summed E-state index contributed by atoms with van der Waals surface area (Å²) in [5, 5.41) is 21.6. The van der Waals surface area contributed by atoms with Crippen LogP contribution >= 0.6 is 0 Å². The van der Waals surface area contributed by atoms with Crippen LogP contribution in [-0.2, 0) is 38.2 Å². The number of hydrogen-bond donors (Lipinski definition) is 0. The van der Waals surface area contributed by atoms with E-state index in [1.54, 1.807) is 6.08 Å². The summed E-state index contributed by atoms with van der Waals surface area (Å²) in [7, 11) is 0. The molecule has 0 N–H and O–H groups in total.